The number of cyclic esters (lactones) is 2. The minimum absolute atomic E-state index is 0.256. The van der Waals surface area contributed by atoms with E-state index < -0.39 is 29.4 Å². The average molecular weight is 180 g/mol. The van der Waals surface area contributed by atoms with Crippen molar-refractivity contribution >= 4 is 11.9 Å². The monoisotopic (exact) mass is 180 g/mol. The molecule has 68 valence electrons. The second-order valence-corrected chi connectivity index (χ2v) is 3.87. The van der Waals surface area contributed by atoms with Gasteiger partial charge in [-0.2, -0.15) is 0 Å². The second-order valence-electron chi connectivity index (χ2n) is 3.87. The van der Waals surface area contributed by atoms with E-state index in [0.717, 1.165) is 0 Å². The van der Waals surface area contributed by atoms with Crippen molar-refractivity contribution in [2.24, 2.45) is 11.8 Å². The highest BCUT2D eigenvalue weighted by Gasteiger charge is 2.64. The van der Waals surface area contributed by atoms with Crippen LogP contribution in [0.1, 0.15) is 6.92 Å². The van der Waals surface area contributed by atoms with Crippen LogP contribution in [0.2, 0.25) is 0 Å². The molecule has 0 spiro atoms. The van der Waals surface area contributed by atoms with Gasteiger partial charge in [-0.25, -0.2) is 0 Å². The van der Waals surface area contributed by atoms with Gasteiger partial charge in [-0.05, 0) is 6.92 Å². The van der Waals surface area contributed by atoms with Crippen molar-refractivity contribution in [2.45, 2.75) is 18.6 Å². The van der Waals surface area contributed by atoms with E-state index in [1.54, 1.807) is 0 Å². The first-order chi connectivity index (χ1) is 6.12. The lowest BCUT2D eigenvalue weighted by molar-refractivity contribution is -0.157. The smallest absolute Gasteiger partial charge is 0.320 e. The van der Waals surface area contributed by atoms with Gasteiger partial charge < -0.3 is 9.47 Å². The Morgan fingerprint density at radius 2 is 2.15 bits per heavy atom. The second kappa shape index (κ2) is 1.85. The van der Waals surface area contributed by atoms with Crippen LogP contribution in [0.15, 0.2) is 12.2 Å². The summed E-state index contributed by atoms with van der Waals surface area (Å²) in [7, 11) is 0. The Kier molecular flexibility index (Phi) is 1.03. The summed E-state index contributed by atoms with van der Waals surface area (Å²) in [6.07, 6.45) is 3.42. The van der Waals surface area contributed by atoms with Crippen molar-refractivity contribution in [3.63, 3.8) is 0 Å². The van der Waals surface area contributed by atoms with E-state index in [-0.39, 0.29) is 6.10 Å². The van der Waals surface area contributed by atoms with Gasteiger partial charge in [-0.15, -0.1) is 0 Å². The number of ether oxygens (including phenoxy) is 2. The minimum Gasteiger partial charge on any atom is -0.393 e. The Labute approximate surface area is 74.5 Å². The SMILES string of the molecule is C[C@@]12C=C[C@@H](O1)[C@@H]1C(=O)OC(=O)[C@@H]12. The molecule has 0 aromatic rings. The number of esters is 2. The van der Waals surface area contributed by atoms with Crippen molar-refractivity contribution in [1.29, 1.82) is 0 Å². The van der Waals surface area contributed by atoms with E-state index in [4.69, 9.17) is 4.74 Å². The molecule has 3 rings (SSSR count). The lowest BCUT2D eigenvalue weighted by Gasteiger charge is -2.20. The fraction of sp³-hybridized carbons (Fsp3) is 0.556. The number of hydrogen-bond acceptors (Lipinski definition) is 4. The normalized spacial score (nSPS) is 51.3. The highest BCUT2D eigenvalue weighted by atomic mass is 16.6. The molecule has 2 saturated heterocycles. The van der Waals surface area contributed by atoms with Gasteiger partial charge >= 0.3 is 11.9 Å². The maximum Gasteiger partial charge on any atom is 0.320 e. The molecule has 2 fully saturated rings. The van der Waals surface area contributed by atoms with Crippen LogP contribution in [-0.2, 0) is 19.1 Å². The topological polar surface area (TPSA) is 52.6 Å². The summed E-state index contributed by atoms with van der Waals surface area (Å²) in [6.45, 7) is 1.81. The summed E-state index contributed by atoms with van der Waals surface area (Å²) in [5, 5.41) is 0. The molecule has 3 aliphatic rings. The molecule has 4 atom stereocenters. The van der Waals surface area contributed by atoms with Crippen LogP contribution in [-0.4, -0.2) is 23.6 Å². The lowest BCUT2D eigenvalue weighted by atomic mass is 9.78. The quantitative estimate of drug-likeness (QED) is 0.300. The van der Waals surface area contributed by atoms with Crippen LogP contribution in [0.4, 0.5) is 0 Å². The Hall–Kier alpha value is -1.16. The van der Waals surface area contributed by atoms with E-state index in [1.807, 2.05) is 19.1 Å². The summed E-state index contributed by atoms with van der Waals surface area (Å²) in [4.78, 5) is 22.5. The van der Waals surface area contributed by atoms with Crippen molar-refractivity contribution in [2.75, 3.05) is 0 Å². The molecule has 0 N–H and O–H groups in total. The minimum atomic E-state index is -0.613. The molecule has 0 amide bonds. The third kappa shape index (κ3) is 0.659. The molecule has 0 saturated carbocycles. The summed E-state index contributed by atoms with van der Waals surface area (Å²) in [5.41, 5.74) is -0.613. The summed E-state index contributed by atoms with van der Waals surface area (Å²) in [6, 6.07) is 0. The van der Waals surface area contributed by atoms with Gasteiger partial charge in [0.1, 0.15) is 11.8 Å². The lowest BCUT2D eigenvalue weighted by Crippen LogP contribution is -2.34. The molecule has 4 heteroatoms. The van der Waals surface area contributed by atoms with Crippen LogP contribution in [0.25, 0.3) is 0 Å². The highest BCUT2D eigenvalue weighted by Crippen LogP contribution is 2.50. The molecule has 0 radical (unpaired) electrons. The Bertz CT molecular complexity index is 346. The van der Waals surface area contributed by atoms with E-state index in [9.17, 15) is 9.59 Å². The predicted molar refractivity (Wildman–Crippen MR) is 40.5 cm³/mol. The molecule has 0 aromatic carbocycles. The van der Waals surface area contributed by atoms with Crippen LogP contribution in [0.5, 0.6) is 0 Å². The summed E-state index contributed by atoms with van der Waals surface area (Å²) in [5.74, 6) is -1.70. The molecular formula is C9H8O4. The first-order valence-corrected chi connectivity index (χ1v) is 4.24. The van der Waals surface area contributed by atoms with Crippen LogP contribution in [0.3, 0.4) is 0 Å². The van der Waals surface area contributed by atoms with Crippen molar-refractivity contribution < 1.29 is 19.1 Å². The fourth-order valence-electron chi connectivity index (χ4n) is 2.46. The van der Waals surface area contributed by atoms with Gasteiger partial charge in [0.15, 0.2) is 0 Å². The van der Waals surface area contributed by atoms with Gasteiger partial charge in [0.2, 0.25) is 0 Å². The fourth-order valence-corrected chi connectivity index (χ4v) is 2.46. The number of carbonyl (C=O) groups is 2. The molecule has 0 unspecified atom stereocenters. The third-order valence-electron chi connectivity index (χ3n) is 3.06. The van der Waals surface area contributed by atoms with Crippen LogP contribution < -0.4 is 0 Å². The first kappa shape index (κ1) is 7.26. The molecule has 2 bridgehead atoms. The predicted octanol–water partition coefficient (Wildman–Crippen LogP) is 0.0295. The van der Waals surface area contributed by atoms with E-state index in [2.05, 4.69) is 4.74 Å². The zero-order valence-electron chi connectivity index (χ0n) is 7.02. The zero-order valence-corrected chi connectivity index (χ0v) is 7.02. The molecule has 0 aliphatic carbocycles. The van der Waals surface area contributed by atoms with Crippen molar-refractivity contribution in [3.05, 3.63) is 12.2 Å². The Morgan fingerprint density at radius 1 is 1.38 bits per heavy atom. The molecule has 3 heterocycles. The summed E-state index contributed by atoms with van der Waals surface area (Å²) < 4.78 is 10.1. The molecule has 4 nitrogen and oxygen atoms in total. The Morgan fingerprint density at radius 3 is 2.85 bits per heavy atom. The largest absolute Gasteiger partial charge is 0.393 e. The highest BCUT2D eigenvalue weighted by molar-refractivity contribution is 5.99. The van der Waals surface area contributed by atoms with Gasteiger partial charge in [-0.3, -0.25) is 9.59 Å². The van der Waals surface area contributed by atoms with Crippen molar-refractivity contribution in [1.82, 2.24) is 0 Å². The number of rotatable bonds is 0. The maximum absolute atomic E-state index is 11.3. The van der Waals surface area contributed by atoms with Gasteiger partial charge in [0, 0.05) is 0 Å². The molecule has 3 aliphatic heterocycles. The van der Waals surface area contributed by atoms with Crippen LogP contribution in [0, 0.1) is 11.8 Å². The van der Waals surface area contributed by atoms with Gasteiger partial charge in [0.05, 0.1) is 11.7 Å². The standard InChI is InChI=1S/C9H8O4/c1-9-3-2-4(13-9)5-6(9)8(11)12-7(5)10/h2-6H,1H3/t4-,5+,6-,9+/m1/s1. The zero-order chi connectivity index (χ0) is 9.22. The van der Waals surface area contributed by atoms with Crippen LogP contribution >= 0.6 is 0 Å². The average Bonchev–Trinajstić information content (AvgIpc) is 2.62. The number of hydrogen-bond donors (Lipinski definition) is 0. The van der Waals surface area contributed by atoms with Gasteiger partial charge in [0.25, 0.3) is 0 Å². The van der Waals surface area contributed by atoms with E-state index in [1.165, 1.54) is 0 Å². The number of carbonyl (C=O) groups excluding carboxylic acids is 2. The third-order valence-corrected chi connectivity index (χ3v) is 3.06. The Balaban J connectivity index is 2.13. The number of fused-ring (bicyclic) bond motifs is 5. The molecule has 13 heavy (non-hydrogen) atoms. The first-order valence-electron chi connectivity index (χ1n) is 4.24. The van der Waals surface area contributed by atoms with E-state index in [0.29, 0.717) is 0 Å². The molecular weight excluding hydrogens is 172 g/mol. The molecule has 0 aromatic heterocycles. The van der Waals surface area contributed by atoms with Crippen molar-refractivity contribution in [3.8, 4) is 0 Å². The van der Waals surface area contributed by atoms with Gasteiger partial charge in [-0.1, -0.05) is 12.2 Å². The summed E-state index contributed by atoms with van der Waals surface area (Å²) >= 11 is 0. The van der Waals surface area contributed by atoms with E-state index >= 15 is 0 Å². The maximum atomic E-state index is 11.3.